The molecule has 0 spiro atoms. The fourth-order valence-corrected chi connectivity index (χ4v) is 2.96. The van der Waals surface area contributed by atoms with Crippen LogP contribution in [0.25, 0.3) is 0 Å². The standard InChI is InChI=1S/C15H21FN2O2S/c1-11-3-4-12(7-14(11)16)17-15(19)10-21-9-13-8-18(2)5-6-20-13/h3-4,7,13H,5-6,8-10H2,1-2H3,(H,17,19). The number of hydrogen-bond donors (Lipinski definition) is 1. The zero-order chi connectivity index (χ0) is 15.2. The van der Waals surface area contributed by atoms with E-state index in [-0.39, 0.29) is 17.8 Å². The molecule has 1 atom stereocenters. The van der Waals surface area contributed by atoms with E-state index in [2.05, 4.69) is 17.3 Å². The number of nitrogens with one attached hydrogen (secondary N) is 1. The van der Waals surface area contributed by atoms with Gasteiger partial charge in [-0.2, -0.15) is 0 Å². The Morgan fingerprint density at radius 1 is 1.57 bits per heavy atom. The number of carbonyl (C=O) groups excluding carboxylic acids is 1. The number of morpholine rings is 1. The highest BCUT2D eigenvalue weighted by atomic mass is 32.2. The number of likely N-dealkylation sites (N-methyl/N-ethyl adjacent to an activating group) is 1. The molecular weight excluding hydrogens is 291 g/mol. The van der Waals surface area contributed by atoms with Crippen LogP contribution >= 0.6 is 11.8 Å². The van der Waals surface area contributed by atoms with E-state index in [1.54, 1.807) is 19.1 Å². The molecule has 1 fully saturated rings. The van der Waals surface area contributed by atoms with E-state index in [0.29, 0.717) is 17.0 Å². The molecule has 1 aliphatic heterocycles. The normalized spacial score (nSPS) is 19.5. The van der Waals surface area contributed by atoms with Crippen LogP contribution in [0.2, 0.25) is 0 Å². The summed E-state index contributed by atoms with van der Waals surface area (Å²) in [4.78, 5) is 14.0. The lowest BCUT2D eigenvalue weighted by atomic mass is 10.2. The Kier molecular flexibility index (Phi) is 6.02. The molecule has 1 amide bonds. The van der Waals surface area contributed by atoms with E-state index >= 15 is 0 Å². The molecular formula is C15H21FN2O2S. The lowest BCUT2D eigenvalue weighted by molar-refractivity contribution is -0.113. The van der Waals surface area contributed by atoms with Gasteiger partial charge in [-0.25, -0.2) is 4.39 Å². The number of aryl methyl sites for hydroxylation is 1. The van der Waals surface area contributed by atoms with Gasteiger partial charge in [0.25, 0.3) is 0 Å². The average molecular weight is 312 g/mol. The van der Waals surface area contributed by atoms with Crippen molar-refractivity contribution in [3.05, 3.63) is 29.6 Å². The molecule has 2 rings (SSSR count). The summed E-state index contributed by atoms with van der Waals surface area (Å²) in [5.74, 6) is 0.713. The highest BCUT2D eigenvalue weighted by Gasteiger charge is 2.17. The van der Waals surface area contributed by atoms with Gasteiger partial charge in [-0.05, 0) is 31.7 Å². The Morgan fingerprint density at radius 3 is 3.10 bits per heavy atom. The predicted octanol–water partition coefficient (Wildman–Crippen LogP) is 2.14. The predicted molar refractivity (Wildman–Crippen MR) is 84.3 cm³/mol. The van der Waals surface area contributed by atoms with E-state index in [1.807, 2.05) is 0 Å². The Balaban J connectivity index is 1.70. The molecule has 6 heteroatoms. The quantitative estimate of drug-likeness (QED) is 0.904. The minimum Gasteiger partial charge on any atom is -0.375 e. The Bertz CT molecular complexity index is 499. The van der Waals surface area contributed by atoms with Crippen LogP contribution in [0.1, 0.15) is 5.56 Å². The molecule has 0 radical (unpaired) electrons. The SMILES string of the molecule is Cc1ccc(NC(=O)CSCC2CN(C)CCO2)cc1F. The Hall–Kier alpha value is -1.11. The molecule has 1 heterocycles. The summed E-state index contributed by atoms with van der Waals surface area (Å²) in [6.07, 6.45) is 0.179. The Morgan fingerprint density at radius 2 is 2.38 bits per heavy atom. The highest BCUT2D eigenvalue weighted by Crippen LogP contribution is 2.15. The molecule has 1 aliphatic rings. The van der Waals surface area contributed by atoms with Crippen LogP contribution in [-0.4, -0.2) is 55.2 Å². The summed E-state index contributed by atoms with van der Waals surface area (Å²) >= 11 is 1.54. The zero-order valence-corrected chi connectivity index (χ0v) is 13.2. The molecule has 1 saturated heterocycles. The lowest BCUT2D eigenvalue weighted by Gasteiger charge is -2.29. The average Bonchev–Trinajstić information content (AvgIpc) is 2.43. The van der Waals surface area contributed by atoms with Crippen molar-refractivity contribution in [3.63, 3.8) is 0 Å². The summed E-state index contributed by atoms with van der Waals surface area (Å²) in [5, 5.41) is 2.71. The minimum atomic E-state index is -0.306. The zero-order valence-electron chi connectivity index (χ0n) is 12.4. The first kappa shape index (κ1) is 16.3. The van der Waals surface area contributed by atoms with Gasteiger partial charge in [0.2, 0.25) is 5.91 Å². The van der Waals surface area contributed by atoms with Crippen molar-refractivity contribution in [2.75, 3.05) is 43.6 Å². The number of nitrogens with zero attached hydrogens (tertiary/aromatic N) is 1. The topological polar surface area (TPSA) is 41.6 Å². The first-order valence-electron chi connectivity index (χ1n) is 6.98. The molecule has 1 N–H and O–H groups in total. The van der Waals surface area contributed by atoms with Gasteiger partial charge in [0.1, 0.15) is 5.82 Å². The van der Waals surface area contributed by atoms with Crippen molar-refractivity contribution in [1.29, 1.82) is 0 Å². The maximum Gasteiger partial charge on any atom is 0.234 e. The monoisotopic (exact) mass is 312 g/mol. The number of rotatable bonds is 5. The van der Waals surface area contributed by atoms with Crippen molar-refractivity contribution < 1.29 is 13.9 Å². The maximum atomic E-state index is 13.4. The number of thioether (sulfide) groups is 1. The van der Waals surface area contributed by atoms with E-state index in [9.17, 15) is 9.18 Å². The lowest BCUT2D eigenvalue weighted by Crippen LogP contribution is -2.41. The van der Waals surface area contributed by atoms with Crippen molar-refractivity contribution in [1.82, 2.24) is 4.90 Å². The van der Waals surface area contributed by atoms with Gasteiger partial charge in [-0.1, -0.05) is 6.07 Å². The second-order valence-electron chi connectivity index (χ2n) is 5.28. The van der Waals surface area contributed by atoms with Gasteiger partial charge >= 0.3 is 0 Å². The fourth-order valence-electron chi connectivity index (χ4n) is 2.12. The first-order valence-corrected chi connectivity index (χ1v) is 8.14. The van der Waals surface area contributed by atoms with E-state index in [1.165, 1.54) is 17.8 Å². The van der Waals surface area contributed by atoms with Crippen molar-refractivity contribution >= 4 is 23.4 Å². The van der Waals surface area contributed by atoms with Crippen LogP contribution in [0.4, 0.5) is 10.1 Å². The van der Waals surface area contributed by atoms with Gasteiger partial charge in [0.05, 0.1) is 18.5 Å². The number of benzene rings is 1. The molecule has 0 bridgehead atoms. The molecule has 0 aromatic heterocycles. The van der Waals surface area contributed by atoms with E-state index in [4.69, 9.17) is 4.74 Å². The van der Waals surface area contributed by atoms with Crippen LogP contribution in [0.15, 0.2) is 18.2 Å². The molecule has 0 saturated carbocycles. The van der Waals surface area contributed by atoms with E-state index < -0.39 is 0 Å². The first-order chi connectivity index (χ1) is 10.0. The van der Waals surface area contributed by atoms with Crippen LogP contribution in [-0.2, 0) is 9.53 Å². The van der Waals surface area contributed by atoms with Gasteiger partial charge in [-0.3, -0.25) is 4.79 Å². The summed E-state index contributed by atoms with van der Waals surface area (Å²) in [6, 6.07) is 4.71. The van der Waals surface area contributed by atoms with Crippen LogP contribution in [0, 0.1) is 12.7 Å². The molecule has 0 aliphatic carbocycles. The smallest absolute Gasteiger partial charge is 0.234 e. The summed E-state index contributed by atoms with van der Waals surface area (Å²) in [6.45, 7) is 4.30. The number of hydrogen-bond acceptors (Lipinski definition) is 4. The Labute approximate surface area is 129 Å². The molecule has 4 nitrogen and oxygen atoms in total. The molecule has 1 aromatic rings. The van der Waals surface area contributed by atoms with Crippen molar-refractivity contribution in [2.24, 2.45) is 0 Å². The maximum absolute atomic E-state index is 13.4. The van der Waals surface area contributed by atoms with Crippen LogP contribution < -0.4 is 5.32 Å². The molecule has 21 heavy (non-hydrogen) atoms. The second-order valence-corrected chi connectivity index (χ2v) is 6.31. The minimum absolute atomic E-state index is 0.118. The summed E-state index contributed by atoms with van der Waals surface area (Å²) < 4.78 is 19.0. The van der Waals surface area contributed by atoms with Crippen molar-refractivity contribution in [3.8, 4) is 0 Å². The van der Waals surface area contributed by atoms with Gasteiger partial charge in [-0.15, -0.1) is 11.8 Å². The van der Waals surface area contributed by atoms with Crippen molar-refractivity contribution in [2.45, 2.75) is 13.0 Å². The number of anilines is 1. The fraction of sp³-hybridized carbons (Fsp3) is 0.533. The van der Waals surface area contributed by atoms with Crippen LogP contribution in [0.5, 0.6) is 0 Å². The highest BCUT2D eigenvalue weighted by molar-refractivity contribution is 8.00. The molecule has 1 unspecified atom stereocenters. The van der Waals surface area contributed by atoms with Gasteiger partial charge < -0.3 is 15.0 Å². The third-order valence-corrected chi connectivity index (χ3v) is 4.41. The molecule has 1 aromatic carbocycles. The number of carbonyl (C=O) groups is 1. The summed E-state index contributed by atoms with van der Waals surface area (Å²) in [5.41, 5.74) is 1.07. The van der Waals surface area contributed by atoms with Gasteiger partial charge in [0, 0.05) is 24.5 Å². The number of halogens is 1. The van der Waals surface area contributed by atoms with E-state index in [0.717, 1.165) is 25.4 Å². The third kappa shape index (κ3) is 5.30. The summed E-state index contributed by atoms with van der Waals surface area (Å²) in [7, 11) is 2.07. The largest absolute Gasteiger partial charge is 0.375 e. The van der Waals surface area contributed by atoms with Gasteiger partial charge in [0.15, 0.2) is 0 Å². The second kappa shape index (κ2) is 7.77. The molecule has 116 valence electrons. The van der Waals surface area contributed by atoms with Crippen LogP contribution in [0.3, 0.4) is 0 Å². The number of ether oxygens (including phenoxy) is 1. The number of amides is 1. The third-order valence-electron chi connectivity index (χ3n) is 3.33.